The molecule has 1 aliphatic rings. The van der Waals surface area contributed by atoms with Gasteiger partial charge in [-0.05, 0) is 49.4 Å². The molecule has 0 aromatic heterocycles. The molecule has 1 heterocycles. The second kappa shape index (κ2) is 8.50. The summed E-state index contributed by atoms with van der Waals surface area (Å²) in [7, 11) is -2.39. The van der Waals surface area contributed by atoms with E-state index in [-0.39, 0.29) is 10.9 Å². The largest absolute Gasteiger partial charge is 0.497 e. The van der Waals surface area contributed by atoms with Crippen LogP contribution in [0.25, 0.3) is 0 Å². The fraction of sp³-hybridized carbons (Fsp3) is 0.263. The Hall–Kier alpha value is -3.11. The van der Waals surface area contributed by atoms with Crippen LogP contribution >= 0.6 is 0 Å². The quantitative estimate of drug-likeness (QED) is 0.630. The Morgan fingerprint density at radius 3 is 2.55 bits per heavy atom. The van der Waals surface area contributed by atoms with E-state index in [1.54, 1.807) is 29.2 Å². The molecule has 2 aromatic carbocycles. The van der Waals surface area contributed by atoms with Gasteiger partial charge in [-0.1, -0.05) is 6.07 Å². The van der Waals surface area contributed by atoms with E-state index in [0.717, 1.165) is 0 Å². The Labute approximate surface area is 169 Å². The van der Waals surface area contributed by atoms with Crippen LogP contribution in [-0.2, 0) is 14.8 Å². The Morgan fingerprint density at radius 2 is 1.93 bits per heavy atom. The molecule has 29 heavy (non-hydrogen) atoms. The predicted molar refractivity (Wildman–Crippen MR) is 109 cm³/mol. The fourth-order valence-corrected chi connectivity index (χ4v) is 4.03. The number of amides is 3. The lowest BCUT2D eigenvalue weighted by Crippen LogP contribution is -2.41. The van der Waals surface area contributed by atoms with E-state index in [4.69, 9.17) is 4.74 Å². The smallest absolute Gasteiger partial charge is 0.321 e. The number of rotatable bonds is 7. The summed E-state index contributed by atoms with van der Waals surface area (Å²) in [6, 6.07) is 11.4. The fourth-order valence-electron chi connectivity index (χ4n) is 2.83. The average molecular weight is 418 g/mol. The monoisotopic (exact) mass is 418 g/mol. The van der Waals surface area contributed by atoms with Gasteiger partial charge in [-0.25, -0.2) is 13.2 Å². The summed E-state index contributed by atoms with van der Waals surface area (Å²) in [6.07, 6.45) is 0. The number of methoxy groups -OCH3 is 1. The zero-order valence-corrected chi connectivity index (χ0v) is 16.8. The second-order valence-electron chi connectivity index (χ2n) is 6.44. The van der Waals surface area contributed by atoms with E-state index in [1.165, 1.54) is 38.3 Å². The maximum absolute atomic E-state index is 12.5. The summed E-state index contributed by atoms with van der Waals surface area (Å²) in [5, 5.41) is 5.38. The molecule has 154 valence electrons. The molecule has 1 fully saturated rings. The highest BCUT2D eigenvalue weighted by molar-refractivity contribution is 7.89. The summed E-state index contributed by atoms with van der Waals surface area (Å²) in [5.41, 5.74) is 1.10. The molecular weight excluding hydrogens is 396 g/mol. The van der Waals surface area contributed by atoms with E-state index in [9.17, 15) is 18.0 Å². The molecule has 0 bridgehead atoms. The number of urea groups is 1. The van der Waals surface area contributed by atoms with Crippen molar-refractivity contribution in [1.29, 1.82) is 0 Å². The van der Waals surface area contributed by atoms with Crippen molar-refractivity contribution in [2.45, 2.75) is 17.9 Å². The van der Waals surface area contributed by atoms with Crippen LogP contribution in [0.1, 0.15) is 6.92 Å². The van der Waals surface area contributed by atoms with Crippen molar-refractivity contribution in [2.75, 3.05) is 30.4 Å². The third-order valence-corrected chi connectivity index (χ3v) is 5.93. The lowest BCUT2D eigenvalue weighted by molar-refractivity contribution is -0.117. The zero-order valence-electron chi connectivity index (χ0n) is 16.0. The minimum Gasteiger partial charge on any atom is -0.497 e. The van der Waals surface area contributed by atoms with Crippen LogP contribution in [0.2, 0.25) is 0 Å². The maximum atomic E-state index is 12.5. The number of benzene rings is 2. The SMILES string of the molecule is COc1ccc(S(=O)(=O)N[C@@H](C)C(=O)Nc2cccc(N3CCNC3=O)c2)cc1. The third kappa shape index (κ3) is 4.84. The van der Waals surface area contributed by atoms with E-state index in [0.29, 0.717) is 30.2 Å². The molecule has 0 saturated carbocycles. The van der Waals surface area contributed by atoms with Gasteiger partial charge in [-0.2, -0.15) is 4.72 Å². The van der Waals surface area contributed by atoms with Crippen LogP contribution in [0.15, 0.2) is 53.4 Å². The van der Waals surface area contributed by atoms with Crippen molar-refractivity contribution in [3.63, 3.8) is 0 Å². The number of carbonyl (C=O) groups is 2. The highest BCUT2D eigenvalue weighted by Crippen LogP contribution is 2.21. The first-order valence-electron chi connectivity index (χ1n) is 8.93. The van der Waals surface area contributed by atoms with E-state index in [2.05, 4.69) is 15.4 Å². The summed E-state index contributed by atoms with van der Waals surface area (Å²) in [4.78, 5) is 25.8. The Balaban J connectivity index is 1.66. The number of hydrogen-bond donors (Lipinski definition) is 3. The molecule has 1 saturated heterocycles. The van der Waals surface area contributed by atoms with Crippen molar-refractivity contribution < 1.29 is 22.7 Å². The molecule has 1 aliphatic heterocycles. The van der Waals surface area contributed by atoms with Crippen LogP contribution in [0, 0.1) is 0 Å². The van der Waals surface area contributed by atoms with Crippen LogP contribution in [-0.4, -0.2) is 46.6 Å². The van der Waals surface area contributed by atoms with Crippen molar-refractivity contribution in [2.24, 2.45) is 0 Å². The molecule has 0 radical (unpaired) electrons. The third-order valence-electron chi connectivity index (χ3n) is 4.38. The summed E-state index contributed by atoms with van der Waals surface area (Å²) >= 11 is 0. The summed E-state index contributed by atoms with van der Waals surface area (Å²) < 4.78 is 32.3. The molecule has 3 rings (SSSR count). The van der Waals surface area contributed by atoms with Gasteiger partial charge in [0.1, 0.15) is 5.75 Å². The molecule has 0 aliphatic carbocycles. The topological polar surface area (TPSA) is 117 Å². The molecule has 10 heteroatoms. The zero-order chi connectivity index (χ0) is 21.0. The second-order valence-corrected chi connectivity index (χ2v) is 8.16. The molecule has 0 spiro atoms. The van der Waals surface area contributed by atoms with E-state index >= 15 is 0 Å². The van der Waals surface area contributed by atoms with Gasteiger partial charge in [-0.3, -0.25) is 9.69 Å². The highest BCUT2D eigenvalue weighted by atomic mass is 32.2. The van der Waals surface area contributed by atoms with Gasteiger partial charge < -0.3 is 15.4 Å². The number of sulfonamides is 1. The summed E-state index contributed by atoms with van der Waals surface area (Å²) in [5.74, 6) is 0.00594. The van der Waals surface area contributed by atoms with Crippen LogP contribution in [0.3, 0.4) is 0 Å². The normalized spacial score (nSPS) is 15.0. The van der Waals surface area contributed by atoms with Gasteiger partial charge in [-0.15, -0.1) is 0 Å². The Kier molecular flexibility index (Phi) is 6.04. The number of anilines is 2. The molecule has 2 aromatic rings. The molecule has 1 atom stereocenters. The van der Waals surface area contributed by atoms with Gasteiger partial charge in [0.15, 0.2) is 0 Å². The molecule has 9 nitrogen and oxygen atoms in total. The van der Waals surface area contributed by atoms with E-state index < -0.39 is 22.0 Å². The average Bonchev–Trinajstić information content (AvgIpc) is 3.14. The standard InChI is InChI=1S/C19H22N4O5S/c1-13(22-29(26,27)17-8-6-16(28-2)7-9-17)18(24)21-14-4-3-5-15(12-14)23-11-10-20-19(23)25/h3-9,12-13,22H,10-11H2,1-2H3,(H,20,25)(H,21,24)/t13-/m0/s1. The first-order chi connectivity index (χ1) is 13.8. The van der Waals surface area contributed by atoms with Gasteiger partial charge in [0.2, 0.25) is 15.9 Å². The first-order valence-corrected chi connectivity index (χ1v) is 10.4. The minimum atomic E-state index is -3.88. The van der Waals surface area contributed by atoms with Crippen molar-refractivity contribution >= 4 is 33.3 Å². The van der Waals surface area contributed by atoms with Crippen LogP contribution in [0.4, 0.5) is 16.2 Å². The first kappa shape index (κ1) is 20.6. The van der Waals surface area contributed by atoms with Crippen molar-refractivity contribution in [3.8, 4) is 5.75 Å². The lowest BCUT2D eigenvalue weighted by atomic mass is 10.2. The van der Waals surface area contributed by atoms with Gasteiger partial charge in [0, 0.05) is 24.5 Å². The van der Waals surface area contributed by atoms with Gasteiger partial charge in [0.25, 0.3) is 0 Å². The number of ether oxygens (including phenoxy) is 1. The van der Waals surface area contributed by atoms with Crippen LogP contribution in [0.5, 0.6) is 5.75 Å². The molecule has 3 N–H and O–H groups in total. The number of hydrogen-bond acceptors (Lipinski definition) is 5. The highest BCUT2D eigenvalue weighted by Gasteiger charge is 2.24. The van der Waals surface area contributed by atoms with E-state index in [1.807, 2.05) is 0 Å². The van der Waals surface area contributed by atoms with Crippen LogP contribution < -0.4 is 25.0 Å². The molecular formula is C19H22N4O5S. The Bertz CT molecular complexity index is 1010. The molecule has 3 amide bonds. The lowest BCUT2D eigenvalue weighted by Gasteiger charge is -2.17. The number of carbonyl (C=O) groups excluding carboxylic acids is 2. The number of nitrogens with one attached hydrogen (secondary N) is 3. The summed E-state index contributed by atoms with van der Waals surface area (Å²) in [6.45, 7) is 2.54. The Morgan fingerprint density at radius 1 is 1.21 bits per heavy atom. The van der Waals surface area contributed by atoms with Gasteiger partial charge in [0.05, 0.1) is 18.0 Å². The predicted octanol–water partition coefficient (Wildman–Crippen LogP) is 1.53. The van der Waals surface area contributed by atoms with Gasteiger partial charge >= 0.3 is 6.03 Å². The number of nitrogens with zero attached hydrogens (tertiary/aromatic N) is 1. The maximum Gasteiger partial charge on any atom is 0.321 e. The molecule has 0 unspecified atom stereocenters. The van der Waals surface area contributed by atoms with Crippen molar-refractivity contribution in [1.82, 2.24) is 10.0 Å². The van der Waals surface area contributed by atoms with Crippen molar-refractivity contribution in [3.05, 3.63) is 48.5 Å². The minimum absolute atomic E-state index is 0.0278.